The minimum Gasteiger partial charge on any atom is -0.207 e. The van der Waals surface area contributed by atoms with Crippen LogP contribution in [0.3, 0.4) is 0 Å². The Morgan fingerprint density at radius 1 is 0.967 bits per heavy atom. The van der Waals surface area contributed by atoms with E-state index in [0.29, 0.717) is 18.0 Å². The van der Waals surface area contributed by atoms with Gasteiger partial charge in [-0.2, -0.15) is 4.31 Å². The summed E-state index contributed by atoms with van der Waals surface area (Å²) in [6.45, 7) is 6.97. The molecule has 0 spiro atoms. The van der Waals surface area contributed by atoms with Crippen LogP contribution in [0.15, 0.2) is 88.8 Å². The molecular formula is C26H27NO2S. The van der Waals surface area contributed by atoms with Crippen molar-refractivity contribution in [1.82, 2.24) is 4.31 Å². The fraction of sp³-hybridized carbons (Fsp3) is 0.231. The third kappa shape index (κ3) is 4.25. The molecule has 4 rings (SSSR count). The van der Waals surface area contributed by atoms with Gasteiger partial charge in [-0.25, -0.2) is 8.42 Å². The summed E-state index contributed by atoms with van der Waals surface area (Å²) in [5, 5.41) is 2.39. The highest BCUT2D eigenvalue weighted by molar-refractivity contribution is 7.89. The highest BCUT2D eigenvalue weighted by atomic mass is 32.2. The van der Waals surface area contributed by atoms with Gasteiger partial charge >= 0.3 is 0 Å². The first-order chi connectivity index (χ1) is 14.3. The summed E-state index contributed by atoms with van der Waals surface area (Å²) in [5.41, 5.74) is 4.47. The zero-order valence-electron chi connectivity index (χ0n) is 17.7. The van der Waals surface area contributed by atoms with Gasteiger partial charge in [0.2, 0.25) is 10.0 Å². The molecule has 4 heteroatoms. The lowest BCUT2D eigenvalue weighted by molar-refractivity contribution is 0.471. The van der Waals surface area contributed by atoms with Crippen LogP contribution in [0.4, 0.5) is 0 Å². The molecule has 1 aliphatic rings. The van der Waals surface area contributed by atoms with Gasteiger partial charge in [-0.1, -0.05) is 71.8 Å². The molecule has 0 radical (unpaired) electrons. The van der Waals surface area contributed by atoms with Crippen molar-refractivity contribution in [1.29, 1.82) is 0 Å². The monoisotopic (exact) mass is 417 g/mol. The summed E-state index contributed by atoms with van der Waals surface area (Å²) in [6, 6.07) is 21.8. The molecule has 1 saturated heterocycles. The fourth-order valence-corrected chi connectivity index (χ4v) is 5.44. The number of fused-ring (bicyclic) bond motifs is 1. The van der Waals surface area contributed by atoms with Crippen molar-refractivity contribution < 1.29 is 8.42 Å². The van der Waals surface area contributed by atoms with Crippen LogP contribution >= 0.6 is 0 Å². The van der Waals surface area contributed by atoms with Crippen LogP contribution in [0, 0.1) is 12.8 Å². The Bertz CT molecular complexity index is 1230. The minimum atomic E-state index is -3.52. The molecule has 0 aliphatic carbocycles. The van der Waals surface area contributed by atoms with E-state index in [9.17, 15) is 8.42 Å². The Kier molecular flexibility index (Phi) is 5.63. The molecule has 1 aliphatic heterocycles. The SMILES string of the molecule is CC(C)=CC1CN(S(=O)(=O)c2ccc(C)cc2)C/C1=C\c1ccc2ccccc2c1. The summed E-state index contributed by atoms with van der Waals surface area (Å²) in [4.78, 5) is 0.357. The molecule has 154 valence electrons. The molecule has 3 aromatic rings. The Morgan fingerprint density at radius 3 is 2.37 bits per heavy atom. The van der Waals surface area contributed by atoms with E-state index in [-0.39, 0.29) is 5.92 Å². The molecule has 1 atom stereocenters. The van der Waals surface area contributed by atoms with Crippen molar-refractivity contribution in [2.75, 3.05) is 13.1 Å². The summed E-state index contributed by atoms with van der Waals surface area (Å²) in [5.74, 6) is 0.0849. The number of allylic oxidation sites excluding steroid dienone is 1. The van der Waals surface area contributed by atoms with Crippen LogP contribution < -0.4 is 0 Å². The van der Waals surface area contributed by atoms with E-state index in [1.807, 2.05) is 31.2 Å². The largest absolute Gasteiger partial charge is 0.243 e. The van der Waals surface area contributed by atoms with E-state index >= 15 is 0 Å². The van der Waals surface area contributed by atoms with E-state index in [1.54, 1.807) is 16.4 Å². The molecule has 0 N–H and O–H groups in total. The van der Waals surface area contributed by atoms with E-state index in [4.69, 9.17) is 0 Å². The van der Waals surface area contributed by atoms with Gasteiger partial charge in [0.05, 0.1) is 4.90 Å². The number of sulfonamides is 1. The first-order valence-electron chi connectivity index (χ1n) is 10.2. The summed E-state index contributed by atoms with van der Waals surface area (Å²) < 4.78 is 28.1. The highest BCUT2D eigenvalue weighted by Gasteiger charge is 2.34. The second kappa shape index (κ2) is 8.21. The van der Waals surface area contributed by atoms with Crippen LogP contribution in [0.1, 0.15) is 25.0 Å². The zero-order valence-corrected chi connectivity index (χ0v) is 18.5. The zero-order chi connectivity index (χ0) is 21.3. The minimum absolute atomic E-state index is 0.0849. The standard InChI is InChI=1S/C26H27NO2S/c1-19(2)14-24-17-27(30(28,29)26-12-8-20(3)9-13-26)18-25(24)16-21-10-11-22-6-4-5-7-23(22)15-21/h4-16,24H,17-18H2,1-3H3/b25-16+. The summed E-state index contributed by atoms with van der Waals surface area (Å²) in [7, 11) is -3.52. The van der Waals surface area contributed by atoms with Gasteiger partial charge in [0.1, 0.15) is 0 Å². The molecule has 0 saturated carbocycles. The lowest BCUT2D eigenvalue weighted by Crippen LogP contribution is -2.28. The summed E-state index contributed by atoms with van der Waals surface area (Å²) >= 11 is 0. The van der Waals surface area contributed by atoms with Crippen molar-refractivity contribution in [2.45, 2.75) is 25.7 Å². The average molecular weight is 418 g/mol. The predicted octanol–water partition coefficient (Wildman–Crippen LogP) is 5.82. The molecular weight excluding hydrogens is 390 g/mol. The van der Waals surface area contributed by atoms with Crippen molar-refractivity contribution >= 4 is 26.9 Å². The third-order valence-electron chi connectivity index (χ3n) is 5.55. The quantitative estimate of drug-likeness (QED) is 0.502. The van der Waals surface area contributed by atoms with Gasteiger partial charge in [-0.15, -0.1) is 0 Å². The van der Waals surface area contributed by atoms with Gasteiger partial charge in [-0.3, -0.25) is 0 Å². The van der Waals surface area contributed by atoms with Gasteiger partial charge in [-0.05, 0) is 60.9 Å². The Balaban J connectivity index is 1.70. The molecule has 3 aromatic carbocycles. The van der Waals surface area contributed by atoms with E-state index < -0.39 is 10.0 Å². The second-order valence-electron chi connectivity index (χ2n) is 8.29. The van der Waals surface area contributed by atoms with Crippen molar-refractivity contribution in [3.8, 4) is 0 Å². The van der Waals surface area contributed by atoms with Crippen LogP contribution in [0.5, 0.6) is 0 Å². The predicted molar refractivity (Wildman–Crippen MR) is 125 cm³/mol. The lowest BCUT2D eigenvalue weighted by atomic mass is 9.97. The lowest BCUT2D eigenvalue weighted by Gasteiger charge is -2.15. The number of benzene rings is 3. The van der Waals surface area contributed by atoms with Gasteiger partial charge in [0.15, 0.2) is 0 Å². The molecule has 0 amide bonds. The molecule has 0 aromatic heterocycles. The smallest absolute Gasteiger partial charge is 0.207 e. The first-order valence-corrected chi connectivity index (χ1v) is 11.7. The molecule has 1 unspecified atom stereocenters. The van der Waals surface area contributed by atoms with E-state index in [0.717, 1.165) is 16.7 Å². The maximum absolute atomic E-state index is 13.2. The number of rotatable bonds is 4. The second-order valence-corrected chi connectivity index (χ2v) is 10.2. The number of nitrogens with zero attached hydrogens (tertiary/aromatic N) is 1. The number of hydrogen-bond donors (Lipinski definition) is 0. The number of aryl methyl sites for hydroxylation is 1. The van der Waals surface area contributed by atoms with Crippen LogP contribution in [-0.4, -0.2) is 25.8 Å². The fourth-order valence-electron chi connectivity index (χ4n) is 3.99. The van der Waals surface area contributed by atoms with Crippen LogP contribution in [0.25, 0.3) is 16.8 Å². The topological polar surface area (TPSA) is 37.4 Å². The maximum Gasteiger partial charge on any atom is 0.243 e. The normalized spacial score (nSPS) is 18.8. The Hall–Kier alpha value is -2.69. The maximum atomic E-state index is 13.2. The molecule has 30 heavy (non-hydrogen) atoms. The van der Waals surface area contributed by atoms with Crippen molar-refractivity contribution in [3.05, 3.63) is 95.1 Å². The van der Waals surface area contributed by atoms with Crippen molar-refractivity contribution in [2.24, 2.45) is 5.92 Å². The van der Waals surface area contributed by atoms with Crippen molar-refractivity contribution in [3.63, 3.8) is 0 Å². The van der Waals surface area contributed by atoms with Crippen LogP contribution in [-0.2, 0) is 10.0 Å². The molecule has 0 bridgehead atoms. The van der Waals surface area contributed by atoms with Gasteiger partial charge < -0.3 is 0 Å². The van der Waals surface area contributed by atoms with Gasteiger partial charge in [0, 0.05) is 19.0 Å². The van der Waals surface area contributed by atoms with E-state index in [1.165, 1.54) is 16.3 Å². The molecule has 1 fully saturated rings. The highest BCUT2D eigenvalue weighted by Crippen LogP contribution is 2.32. The Labute approximate surface area is 179 Å². The number of hydrogen-bond acceptors (Lipinski definition) is 2. The first kappa shape index (κ1) is 20.6. The molecule has 1 heterocycles. The van der Waals surface area contributed by atoms with E-state index in [2.05, 4.69) is 56.3 Å². The average Bonchev–Trinajstić information content (AvgIpc) is 3.10. The Morgan fingerprint density at radius 2 is 1.67 bits per heavy atom. The third-order valence-corrected chi connectivity index (χ3v) is 7.38. The van der Waals surface area contributed by atoms with Crippen LogP contribution in [0.2, 0.25) is 0 Å². The summed E-state index contributed by atoms with van der Waals surface area (Å²) in [6.07, 6.45) is 4.33. The van der Waals surface area contributed by atoms with Gasteiger partial charge in [0.25, 0.3) is 0 Å². The molecule has 3 nitrogen and oxygen atoms in total.